The largest absolute Gasteiger partial charge is 0.330 e. The van der Waals surface area contributed by atoms with Crippen LogP contribution in [0.15, 0.2) is 28.6 Å². The second-order valence-corrected chi connectivity index (χ2v) is 6.45. The first kappa shape index (κ1) is 13.8. The van der Waals surface area contributed by atoms with Gasteiger partial charge in [0, 0.05) is 11.4 Å². The van der Waals surface area contributed by atoms with E-state index in [1.165, 1.54) is 16.9 Å². The molecule has 0 aliphatic heterocycles. The van der Waals surface area contributed by atoms with E-state index in [4.69, 9.17) is 5.26 Å². The summed E-state index contributed by atoms with van der Waals surface area (Å²) in [6.45, 7) is 3.96. The van der Waals surface area contributed by atoms with E-state index in [-0.39, 0.29) is 5.92 Å². The van der Waals surface area contributed by atoms with Gasteiger partial charge in [0.15, 0.2) is 4.34 Å². The van der Waals surface area contributed by atoms with E-state index >= 15 is 0 Å². The third kappa shape index (κ3) is 4.23. The smallest absolute Gasteiger partial charge is 0.210 e. The molecule has 19 heavy (non-hydrogen) atoms. The average Bonchev–Trinajstić information content (AvgIpc) is 2.86. The van der Waals surface area contributed by atoms with Gasteiger partial charge in [0.2, 0.25) is 5.13 Å². The summed E-state index contributed by atoms with van der Waals surface area (Å²) in [5, 5.41) is 20.9. The summed E-state index contributed by atoms with van der Waals surface area (Å²) in [6.07, 6.45) is 0. The van der Waals surface area contributed by atoms with E-state index in [1.807, 2.05) is 31.2 Å². The van der Waals surface area contributed by atoms with Crippen LogP contribution in [0, 0.1) is 24.2 Å². The van der Waals surface area contributed by atoms with Crippen molar-refractivity contribution in [3.8, 4) is 6.07 Å². The topological polar surface area (TPSA) is 61.6 Å². The van der Waals surface area contributed by atoms with Gasteiger partial charge in [-0.05, 0) is 26.0 Å². The Kier molecular flexibility index (Phi) is 4.77. The Morgan fingerprint density at radius 2 is 2.11 bits per heavy atom. The van der Waals surface area contributed by atoms with E-state index in [0.29, 0.717) is 0 Å². The normalized spacial score (nSPS) is 11.8. The fourth-order valence-electron chi connectivity index (χ4n) is 1.31. The number of rotatable bonds is 5. The predicted molar refractivity (Wildman–Crippen MR) is 79.9 cm³/mol. The summed E-state index contributed by atoms with van der Waals surface area (Å²) in [7, 11) is 0. The minimum atomic E-state index is 0.0300. The van der Waals surface area contributed by atoms with Crippen LogP contribution in [-0.4, -0.2) is 16.0 Å². The molecule has 2 rings (SSSR count). The molecule has 0 saturated carbocycles. The van der Waals surface area contributed by atoms with Crippen LogP contribution in [0.1, 0.15) is 12.5 Å². The first-order valence-corrected chi connectivity index (χ1v) is 7.67. The summed E-state index contributed by atoms with van der Waals surface area (Å²) >= 11 is 3.07. The van der Waals surface area contributed by atoms with Gasteiger partial charge >= 0.3 is 0 Å². The van der Waals surface area contributed by atoms with Gasteiger partial charge in [-0.1, -0.05) is 40.8 Å². The molecule has 2 aromatic rings. The van der Waals surface area contributed by atoms with Crippen molar-refractivity contribution in [1.29, 1.82) is 5.26 Å². The zero-order valence-corrected chi connectivity index (χ0v) is 12.4. The summed E-state index contributed by atoms with van der Waals surface area (Å²) in [5.74, 6) is 0.776. The third-order valence-corrected chi connectivity index (χ3v) is 4.62. The molecule has 0 amide bonds. The molecule has 0 radical (unpaired) electrons. The van der Waals surface area contributed by atoms with Crippen molar-refractivity contribution in [2.45, 2.75) is 18.2 Å². The van der Waals surface area contributed by atoms with Gasteiger partial charge in [0.25, 0.3) is 0 Å². The lowest BCUT2D eigenvalue weighted by Gasteiger charge is -2.01. The highest BCUT2D eigenvalue weighted by molar-refractivity contribution is 8.01. The van der Waals surface area contributed by atoms with Crippen LogP contribution in [0.2, 0.25) is 0 Å². The molecule has 0 fully saturated rings. The number of nitriles is 1. The van der Waals surface area contributed by atoms with Crippen LogP contribution in [0.4, 0.5) is 10.8 Å². The summed E-state index contributed by atoms with van der Waals surface area (Å²) < 4.78 is 0.886. The van der Waals surface area contributed by atoms with Crippen molar-refractivity contribution in [2.24, 2.45) is 5.92 Å². The fraction of sp³-hybridized carbons (Fsp3) is 0.308. The maximum absolute atomic E-state index is 8.73. The van der Waals surface area contributed by atoms with E-state index < -0.39 is 0 Å². The molecule has 1 aromatic carbocycles. The minimum absolute atomic E-state index is 0.0300. The maximum atomic E-state index is 8.73. The summed E-state index contributed by atoms with van der Waals surface area (Å²) in [5.41, 5.74) is 2.23. The number of aryl methyl sites for hydroxylation is 1. The van der Waals surface area contributed by atoms with E-state index in [1.54, 1.807) is 11.8 Å². The first-order chi connectivity index (χ1) is 9.17. The molecule has 1 heterocycles. The van der Waals surface area contributed by atoms with Gasteiger partial charge in [-0.15, -0.1) is 10.2 Å². The average molecular weight is 290 g/mol. The van der Waals surface area contributed by atoms with E-state index in [2.05, 4.69) is 28.5 Å². The van der Waals surface area contributed by atoms with Gasteiger partial charge in [0.1, 0.15) is 0 Å². The fourth-order valence-corrected chi connectivity index (χ4v) is 3.05. The number of thioether (sulfide) groups is 1. The van der Waals surface area contributed by atoms with Gasteiger partial charge in [-0.2, -0.15) is 5.26 Å². The Morgan fingerprint density at radius 3 is 2.79 bits per heavy atom. The Labute approximate surface area is 120 Å². The minimum Gasteiger partial charge on any atom is -0.330 e. The lowest BCUT2D eigenvalue weighted by molar-refractivity contribution is 0.862. The van der Waals surface area contributed by atoms with Crippen molar-refractivity contribution in [3.63, 3.8) is 0 Å². The Morgan fingerprint density at radius 1 is 1.37 bits per heavy atom. The highest BCUT2D eigenvalue weighted by Gasteiger charge is 2.07. The molecular weight excluding hydrogens is 276 g/mol. The zero-order valence-electron chi connectivity index (χ0n) is 10.8. The van der Waals surface area contributed by atoms with Gasteiger partial charge in [-0.25, -0.2) is 0 Å². The lowest BCUT2D eigenvalue weighted by atomic mass is 10.2. The summed E-state index contributed by atoms with van der Waals surface area (Å²) in [4.78, 5) is 0. The molecule has 1 aromatic heterocycles. The van der Waals surface area contributed by atoms with E-state index in [9.17, 15) is 0 Å². The molecule has 1 N–H and O–H groups in total. The van der Waals surface area contributed by atoms with Crippen molar-refractivity contribution in [2.75, 3.05) is 11.1 Å². The third-order valence-electron chi connectivity index (χ3n) is 2.39. The first-order valence-electron chi connectivity index (χ1n) is 5.87. The lowest BCUT2D eigenvalue weighted by Crippen LogP contribution is -1.92. The monoisotopic (exact) mass is 290 g/mol. The number of hydrogen-bond donors (Lipinski definition) is 1. The number of aromatic nitrogens is 2. The predicted octanol–water partition coefficient (Wildman–Crippen LogP) is 3.84. The molecule has 0 aliphatic carbocycles. The van der Waals surface area contributed by atoms with Crippen LogP contribution >= 0.6 is 23.1 Å². The molecule has 1 atom stereocenters. The summed E-state index contributed by atoms with van der Waals surface area (Å²) in [6, 6.07) is 10.3. The number of nitrogens with one attached hydrogen (secondary N) is 1. The zero-order chi connectivity index (χ0) is 13.7. The van der Waals surface area contributed by atoms with Crippen molar-refractivity contribution in [3.05, 3.63) is 29.8 Å². The Hall–Kier alpha value is -1.58. The van der Waals surface area contributed by atoms with E-state index in [0.717, 1.165) is 20.9 Å². The molecule has 0 bridgehead atoms. The standard InChI is InChI=1S/C13H14N4S2/c1-9-3-5-11(6-4-9)15-12-16-17-13(19-12)18-8-10(2)7-14/h3-6,10H,8H2,1-2H3,(H,15,16)/t10-/m0/s1. The van der Waals surface area contributed by atoms with Crippen LogP contribution in [0.5, 0.6) is 0 Å². The quantitative estimate of drug-likeness (QED) is 0.848. The Bertz CT molecular complexity index is 571. The van der Waals surface area contributed by atoms with Gasteiger partial charge < -0.3 is 5.32 Å². The molecule has 0 aliphatic rings. The maximum Gasteiger partial charge on any atom is 0.210 e. The molecule has 4 nitrogen and oxygen atoms in total. The molecule has 6 heteroatoms. The highest BCUT2D eigenvalue weighted by Crippen LogP contribution is 2.28. The van der Waals surface area contributed by atoms with Crippen molar-refractivity contribution >= 4 is 33.9 Å². The second kappa shape index (κ2) is 6.55. The second-order valence-electron chi connectivity index (χ2n) is 4.21. The number of nitrogens with zero attached hydrogens (tertiary/aromatic N) is 3. The highest BCUT2D eigenvalue weighted by atomic mass is 32.2. The van der Waals surface area contributed by atoms with Crippen molar-refractivity contribution < 1.29 is 0 Å². The van der Waals surface area contributed by atoms with Gasteiger partial charge in [-0.3, -0.25) is 0 Å². The number of anilines is 2. The SMILES string of the molecule is Cc1ccc(Nc2nnc(SC[C@@H](C)C#N)s2)cc1. The molecule has 0 unspecified atom stereocenters. The molecule has 0 saturated heterocycles. The number of hydrogen-bond acceptors (Lipinski definition) is 6. The van der Waals surface area contributed by atoms with Gasteiger partial charge in [0.05, 0.1) is 12.0 Å². The Balaban J connectivity index is 1.94. The van der Waals surface area contributed by atoms with Crippen LogP contribution in [0.3, 0.4) is 0 Å². The van der Waals surface area contributed by atoms with Crippen LogP contribution in [0.25, 0.3) is 0 Å². The van der Waals surface area contributed by atoms with Crippen LogP contribution in [-0.2, 0) is 0 Å². The molecule has 0 spiro atoms. The van der Waals surface area contributed by atoms with Crippen molar-refractivity contribution in [1.82, 2.24) is 10.2 Å². The molecule has 98 valence electrons. The molecular formula is C13H14N4S2. The number of benzene rings is 1. The van der Waals surface area contributed by atoms with Crippen LogP contribution < -0.4 is 5.32 Å².